The summed E-state index contributed by atoms with van der Waals surface area (Å²) in [5.41, 5.74) is 0. The maximum absolute atomic E-state index is 8.42. The molecular formula is H16B12MgO37-24. The van der Waals surface area contributed by atoms with Gasteiger partial charge in [0.2, 0.25) is 0 Å². The molecular weight excluding hydrogens is 746 g/mol. The summed E-state index contributed by atoms with van der Waals surface area (Å²) in [5.74, 6) is 0. The molecule has 0 aliphatic heterocycles. The van der Waals surface area contributed by atoms with Crippen LogP contribution in [0.3, 0.4) is 0 Å². The molecule has 0 atom stereocenters. The third-order valence-corrected chi connectivity index (χ3v) is 0. The Morgan fingerprint density at radius 1 is 0.140 bits per heavy atom. The molecule has 0 aliphatic rings. The summed E-state index contributed by atoms with van der Waals surface area (Å²) in [4.78, 5) is 0. The zero-order chi connectivity index (χ0) is 42.9. The Bertz CT molecular complexity index is 276. The zero-order valence-electron chi connectivity index (χ0n) is 34.1. The fourth-order valence-electron chi connectivity index (χ4n) is 0. The predicted octanol–water partition coefficient (Wildman–Crippen LogP) is -47.8. The molecule has 0 saturated carbocycles. The SMILES string of the molecule is O.[H+].[H+].[H+].[H+].[H+].[H+].[H+].[H+].[H+].[H+].[H+].[H+].[MgH2].[O-]B([O-])[O-].[O-]B([O-])[O-].[O-]B([O-])[O-].[O-]B([O-])[O-].[O-]B([O-])[O-].[O-]B([O-])[O-].[O-]B([O-])[O-].[O-]B([O-])[O-].[O-]B([O-])[O-].[O-]B([O-])[O-].[O-]B([O-])[O-].[O-]B([O-])[O-]. The standard InChI is InChI=1S/12BO3.Mg.H2O.2H/c12*2-1(3)4;;;;/h;;;;;;;;;;;;;1H2;;/q12*-3;;;;/p+12. The lowest BCUT2D eigenvalue weighted by atomic mass is 10.3. The summed E-state index contributed by atoms with van der Waals surface area (Å²) in [6.45, 7) is 0. The van der Waals surface area contributed by atoms with Gasteiger partial charge in [-0.2, -0.15) is 0 Å². The van der Waals surface area contributed by atoms with Crippen molar-refractivity contribution in [1.82, 2.24) is 0 Å². The molecule has 0 spiro atoms. The second-order valence-corrected chi connectivity index (χ2v) is 3.46. The van der Waals surface area contributed by atoms with E-state index in [1.807, 2.05) is 0 Å². The van der Waals surface area contributed by atoms with Crippen molar-refractivity contribution in [3.8, 4) is 0 Å². The van der Waals surface area contributed by atoms with Crippen LogP contribution >= 0.6 is 0 Å². The molecule has 0 aromatic heterocycles. The molecule has 2 N–H and O–H groups in total. The van der Waals surface area contributed by atoms with Crippen molar-refractivity contribution in [2.75, 3.05) is 0 Å². The molecule has 0 bridgehead atoms. The van der Waals surface area contributed by atoms with E-state index in [2.05, 4.69) is 0 Å². The largest absolute Gasteiger partial charge is 1.00 e. The van der Waals surface area contributed by atoms with Crippen molar-refractivity contribution < 1.29 is 203 Å². The van der Waals surface area contributed by atoms with E-state index in [0.29, 0.717) is 0 Å². The maximum atomic E-state index is 8.42. The Labute approximate surface area is 315 Å². The first kappa shape index (κ1) is 92.7. The topological polar surface area (TPSA) is 862 Å². The Hall–Kier alpha value is 0.0655. The van der Waals surface area contributed by atoms with Crippen molar-refractivity contribution in [2.45, 2.75) is 0 Å². The third kappa shape index (κ3) is 24900000. The second-order valence-electron chi connectivity index (χ2n) is 3.46. The van der Waals surface area contributed by atoms with Crippen molar-refractivity contribution >= 4 is 111 Å². The Balaban J connectivity index is -0.00000000931. The van der Waals surface area contributed by atoms with Gasteiger partial charge in [0, 0.05) is 0 Å². The minimum atomic E-state index is -2.92. The molecule has 300 valence electrons. The molecule has 0 heterocycles. The molecule has 0 amide bonds. The third-order valence-electron chi connectivity index (χ3n) is 0. The first-order valence-corrected chi connectivity index (χ1v) is 8.49. The van der Waals surface area contributed by atoms with Gasteiger partial charge < -0.3 is 186 Å². The molecule has 0 saturated heterocycles. The van der Waals surface area contributed by atoms with Gasteiger partial charge in [-0.15, -0.1) is 0 Å². The zero-order valence-corrected chi connectivity index (χ0v) is 22.1. The Morgan fingerprint density at radius 3 is 0.140 bits per heavy atom. The van der Waals surface area contributed by atoms with E-state index in [4.69, 9.17) is 181 Å². The van der Waals surface area contributed by atoms with Gasteiger partial charge in [-0.25, -0.2) is 0 Å². The average molecular weight is 762 g/mol. The summed E-state index contributed by atoms with van der Waals surface area (Å²) in [6.07, 6.45) is 0. The highest BCUT2D eigenvalue weighted by molar-refractivity contribution is 6.26. The van der Waals surface area contributed by atoms with Crippen LogP contribution in [0.2, 0.25) is 0 Å². The summed E-state index contributed by atoms with van der Waals surface area (Å²) >= 11 is 0. The van der Waals surface area contributed by atoms with E-state index in [1.54, 1.807) is 0 Å². The fourth-order valence-corrected chi connectivity index (χ4v) is 0. The van der Waals surface area contributed by atoms with E-state index in [0.717, 1.165) is 0 Å². The van der Waals surface area contributed by atoms with Gasteiger partial charge in [-0.05, 0) is 0 Å². The van der Waals surface area contributed by atoms with Crippen molar-refractivity contribution in [3.63, 3.8) is 0 Å². The van der Waals surface area contributed by atoms with Gasteiger partial charge in [-0.3, -0.25) is 87.9 Å². The van der Waals surface area contributed by atoms with Gasteiger partial charge in [0.1, 0.15) is 0 Å². The summed E-state index contributed by atoms with van der Waals surface area (Å²) < 4.78 is 0. The smallest absolute Gasteiger partial charge is 0.907 e. The van der Waals surface area contributed by atoms with E-state index < -0.39 is 87.9 Å². The molecule has 0 aromatic rings. The van der Waals surface area contributed by atoms with Crippen LogP contribution in [0, 0.1) is 0 Å². The van der Waals surface area contributed by atoms with Crippen LogP contribution in [0.4, 0.5) is 0 Å². The lowest BCUT2D eigenvalue weighted by Gasteiger charge is -2.35. The second kappa shape index (κ2) is 87.1. The molecule has 0 aromatic carbocycles. The summed E-state index contributed by atoms with van der Waals surface area (Å²) in [6, 6.07) is 0. The number of hydrogen-bond acceptors (Lipinski definition) is 36. The lowest BCUT2D eigenvalue weighted by molar-refractivity contribution is -0.481. The van der Waals surface area contributed by atoms with Crippen LogP contribution in [0.15, 0.2) is 0 Å². The van der Waals surface area contributed by atoms with Crippen LogP contribution in [0.25, 0.3) is 0 Å². The molecule has 50 heavy (non-hydrogen) atoms. The van der Waals surface area contributed by atoms with Gasteiger partial charge >= 0.3 is 40.2 Å². The molecule has 0 unspecified atom stereocenters. The van der Waals surface area contributed by atoms with E-state index in [1.165, 1.54) is 0 Å². The normalized spacial score (nSPS) is 6.48. The predicted molar refractivity (Wildman–Crippen MR) is 94.5 cm³/mol. The van der Waals surface area contributed by atoms with Crippen LogP contribution in [-0.4, -0.2) is 116 Å². The molecule has 0 rings (SSSR count). The molecule has 50 heteroatoms. The van der Waals surface area contributed by atoms with Gasteiger partial charge in [0.05, 0.1) is 0 Å². The molecule has 0 radical (unpaired) electrons. The van der Waals surface area contributed by atoms with Crippen LogP contribution in [0.5, 0.6) is 0 Å². The maximum Gasteiger partial charge on any atom is 1.00 e. The Kier molecular flexibility index (Phi) is 162. The van der Waals surface area contributed by atoms with Crippen molar-refractivity contribution in [2.24, 2.45) is 0 Å². The average Bonchev–Trinajstić information content (AvgIpc) is 2.61. The molecule has 0 fully saturated rings. The van der Waals surface area contributed by atoms with Crippen molar-refractivity contribution in [3.05, 3.63) is 0 Å². The monoisotopic (exact) mass is 764 g/mol. The van der Waals surface area contributed by atoms with E-state index >= 15 is 0 Å². The molecule has 0 aliphatic carbocycles. The minimum Gasteiger partial charge on any atom is -0.907 e. The van der Waals surface area contributed by atoms with Crippen LogP contribution in [0.1, 0.15) is 17.1 Å². The molecule has 37 nitrogen and oxygen atoms in total. The summed E-state index contributed by atoms with van der Waals surface area (Å²) in [5, 5.41) is 303. The lowest BCUT2D eigenvalue weighted by Crippen LogP contribution is -2.56. The van der Waals surface area contributed by atoms with Gasteiger partial charge in [0.15, 0.2) is 0 Å². The fraction of sp³-hybridized carbons (Fsp3) is 0. The summed E-state index contributed by atoms with van der Waals surface area (Å²) in [7, 11) is -35.0. The van der Waals surface area contributed by atoms with E-state index in [-0.39, 0.29) is 45.6 Å². The Morgan fingerprint density at radius 2 is 0.140 bits per heavy atom. The van der Waals surface area contributed by atoms with Crippen molar-refractivity contribution in [1.29, 1.82) is 0 Å². The first-order valence-electron chi connectivity index (χ1n) is 8.49. The quantitative estimate of drug-likeness (QED) is 0.207. The first-order chi connectivity index (χ1) is 20.8. The minimum absolute atomic E-state index is 0. The van der Waals surface area contributed by atoms with Gasteiger partial charge in [0.25, 0.3) is 0 Å². The highest BCUT2D eigenvalue weighted by atomic mass is 24.3. The highest BCUT2D eigenvalue weighted by Gasteiger charge is 1.21. The van der Waals surface area contributed by atoms with Crippen LogP contribution < -0.4 is 181 Å². The van der Waals surface area contributed by atoms with E-state index in [9.17, 15) is 0 Å². The van der Waals surface area contributed by atoms with Gasteiger partial charge in [-0.1, -0.05) is 0 Å². The number of rotatable bonds is 0. The highest BCUT2D eigenvalue weighted by Crippen LogP contribution is 1.03. The number of hydrogen-bond donors (Lipinski definition) is 0. The van der Waals surface area contributed by atoms with Crippen LogP contribution in [-0.2, 0) is 0 Å².